The molecule has 2 amide bonds. The highest BCUT2D eigenvalue weighted by Crippen LogP contribution is 2.18. The van der Waals surface area contributed by atoms with Gasteiger partial charge in [-0.2, -0.15) is 0 Å². The molecule has 0 heterocycles. The summed E-state index contributed by atoms with van der Waals surface area (Å²) in [6, 6.07) is 13.1. The van der Waals surface area contributed by atoms with Crippen molar-refractivity contribution in [1.29, 1.82) is 0 Å². The van der Waals surface area contributed by atoms with Gasteiger partial charge < -0.3 is 9.47 Å². The lowest BCUT2D eigenvalue weighted by atomic mass is 10.1. The molecule has 2 rings (SSSR count). The van der Waals surface area contributed by atoms with Crippen LogP contribution in [0.5, 0.6) is 11.5 Å². The van der Waals surface area contributed by atoms with Crippen molar-refractivity contribution in [2.45, 2.75) is 20.8 Å². The molecule has 0 aliphatic rings. The molecule has 0 aliphatic heterocycles. The molecular weight excluding hydrogens is 378 g/mol. The lowest BCUT2D eigenvalue weighted by Gasteiger charge is -2.13. The van der Waals surface area contributed by atoms with Crippen LogP contribution in [-0.4, -0.2) is 30.1 Å². The number of ether oxygens (including phenoxy) is 2. The van der Waals surface area contributed by atoms with Crippen LogP contribution >= 0.6 is 12.2 Å². The monoisotopic (exact) mass is 401 g/mol. The van der Waals surface area contributed by atoms with Gasteiger partial charge in [-0.25, -0.2) is 0 Å². The molecule has 148 valence electrons. The van der Waals surface area contributed by atoms with Crippen molar-refractivity contribution >= 4 is 29.1 Å². The molecule has 0 spiro atoms. The first-order chi connectivity index (χ1) is 13.3. The van der Waals surface area contributed by atoms with E-state index < -0.39 is 11.8 Å². The summed E-state index contributed by atoms with van der Waals surface area (Å²) in [6.45, 7) is 5.41. The SMILES string of the molecule is Cc1ccc(OCC(=O)NNC(=S)NC(=O)COc2cc(C)ccc2C)cc1. The van der Waals surface area contributed by atoms with Gasteiger partial charge in [0.25, 0.3) is 11.8 Å². The van der Waals surface area contributed by atoms with Crippen LogP contribution in [0, 0.1) is 20.8 Å². The summed E-state index contributed by atoms with van der Waals surface area (Å²) in [7, 11) is 0. The Morgan fingerprint density at radius 3 is 2.21 bits per heavy atom. The molecule has 0 unspecified atom stereocenters. The van der Waals surface area contributed by atoms with Gasteiger partial charge in [-0.15, -0.1) is 0 Å². The predicted molar refractivity (Wildman–Crippen MR) is 110 cm³/mol. The van der Waals surface area contributed by atoms with Gasteiger partial charge in [-0.05, 0) is 62.3 Å². The highest BCUT2D eigenvalue weighted by atomic mass is 32.1. The van der Waals surface area contributed by atoms with Crippen molar-refractivity contribution < 1.29 is 19.1 Å². The van der Waals surface area contributed by atoms with E-state index in [-0.39, 0.29) is 18.3 Å². The van der Waals surface area contributed by atoms with Crippen molar-refractivity contribution in [1.82, 2.24) is 16.2 Å². The molecule has 28 heavy (non-hydrogen) atoms. The van der Waals surface area contributed by atoms with Gasteiger partial charge in [0, 0.05) is 0 Å². The Kier molecular flexibility index (Phi) is 7.76. The fourth-order valence-corrected chi connectivity index (χ4v) is 2.31. The van der Waals surface area contributed by atoms with Gasteiger partial charge in [-0.1, -0.05) is 29.8 Å². The van der Waals surface area contributed by atoms with Crippen LogP contribution in [0.15, 0.2) is 42.5 Å². The highest BCUT2D eigenvalue weighted by Gasteiger charge is 2.09. The third-order valence-corrected chi connectivity index (χ3v) is 3.87. The highest BCUT2D eigenvalue weighted by molar-refractivity contribution is 7.80. The molecule has 2 aromatic rings. The van der Waals surface area contributed by atoms with Crippen LogP contribution in [0.3, 0.4) is 0 Å². The molecule has 0 fully saturated rings. The fourth-order valence-electron chi connectivity index (χ4n) is 2.15. The van der Waals surface area contributed by atoms with E-state index in [0.717, 1.165) is 16.7 Å². The third-order valence-electron chi connectivity index (χ3n) is 3.66. The number of carbonyl (C=O) groups is 2. The predicted octanol–water partition coefficient (Wildman–Crippen LogP) is 2.09. The van der Waals surface area contributed by atoms with Crippen LogP contribution in [0.1, 0.15) is 16.7 Å². The average molecular weight is 401 g/mol. The number of hydrogen-bond donors (Lipinski definition) is 3. The van der Waals surface area contributed by atoms with E-state index in [1.807, 2.05) is 51.1 Å². The largest absolute Gasteiger partial charge is 0.484 e. The van der Waals surface area contributed by atoms with Gasteiger partial charge in [0.1, 0.15) is 11.5 Å². The zero-order valence-corrected chi connectivity index (χ0v) is 16.8. The quantitative estimate of drug-likeness (QED) is 0.507. The summed E-state index contributed by atoms with van der Waals surface area (Å²) in [5, 5.41) is 2.38. The molecule has 0 saturated heterocycles. The van der Waals surface area contributed by atoms with Crippen molar-refractivity contribution in [2.75, 3.05) is 13.2 Å². The Bertz CT molecular complexity index is 853. The number of nitrogens with one attached hydrogen (secondary N) is 3. The van der Waals surface area contributed by atoms with E-state index in [9.17, 15) is 9.59 Å². The van der Waals surface area contributed by atoms with Crippen LogP contribution in [0.25, 0.3) is 0 Å². The first-order valence-corrected chi connectivity index (χ1v) is 9.02. The van der Waals surface area contributed by atoms with Crippen LogP contribution < -0.4 is 25.6 Å². The summed E-state index contributed by atoms with van der Waals surface area (Å²) >= 11 is 4.96. The molecule has 7 nitrogen and oxygen atoms in total. The average Bonchev–Trinajstić information content (AvgIpc) is 2.66. The molecule has 0 atom stereocenters. The number of carbonyl (C=O) groups excluding carboxylic acids is 2. The lowest BCUT2D eigenvalue weighted by Crippen LogP contribution is -2.50. The Morgan fingerprint density at radius 1 is 0.857 bits per heavy atom. The topological polar surface area (TPSA) is 88.7 Å². The Hall–Kier alpha value is -3.13. The van der Waals surface area contributed by atoms with Crippen LogP contribution in [0.2, 0.25) is 0 Å². The first kappa shape index (κ1) is 21.2. The Labute approximate surface area is 169 Å². The van der Waals surface area contributed by atoms with Crippen LogP contribution in [-0.2, 0) is 9.59 Å². The Balaban J connectivity index is 1.66. The first-order valence-electron chi connectivity index (χ1n) is 8.61. The molecule has 0 radical (unpaired) electrons. The van der Waals surface area contributed by atoms with Gasteiger partial charge >= 0.3 is 0 Å². The number of benzene rings is 2. The molecule has 0 saturated carbocycles. The summed E-state index contributed by atoms with van der Waals surface area (Å²) in [5.74, 6) is 0.336. The third kappa shape index (κ3) is 7.24. The maximum absolute atomic E-state index is 11.9. The van der Waals surface area contributed by atoms with E-state index in [4.69, 9.17) is 21.7 Å². The van der Waals surface area contributed by atoms with Gasteiger partial charge in [0.15, 0.2) is 18.3 Å². The van der Waals surface area contributed by atoms with Crippen molar-refractivity contribution in [3.63, 3.8) is 0 Å². The van der Waals surface area contributed by atoms with E-state index >= 15 is 0 Å². The summed E-state index contributed by atoms with van der Waals surface area (Å²) in [6.07, 6.45) is 0. The van der Waals surface area contributed by atoms with Crippen molar-refractivity contribution in [2.24, 2.45) is 0 Å². The standard InChI is InChI=1S/C20H23N3O4S/c1-13-5-8-16(9-6-13)26-12-19(25)22-23-20(28)21-18(24)11-27-17-10-14(2)4-7-15(17)3/h4-10H,11-12H2,1-3H3,(H,22,25)(H2,21,23,24,28). The normalized spacial score (nSPS) is 9.96. The summed E-state index contributed by atoms with van der Waals surface area (Å²) < 4.78 is 10.8. The number of hydrazine groups is 1. The molecule has 3 N–H and O–H groups in total. The second-order valence-corrected chi connectivity index (χ2v) is 6.62. The second kappa shape index (κ2) is 10.3. The fraction of sp³-hybridized carbons (Fsp3) is 0.250. The zero-order chi connectivity index (χ0) is 20.5. The van der Waals surface area contributed by atoms with E-state index in [1.165, 1.54) is 0 Å². The number of rotatable bonds is 6. The molecule has 2 aromatic carbocycles. The van der Waals surface area contributed by atoms with Crippen LogP contribution in [0.4, 0.5) is 0 Å². The zero-order valence-electron chi connectivity index (χ0n) is 16.0. The van der Waals surface area contributed by atoms with Gasteiger partial charge in [-0.3, -0.25) is 25.8 Å². The minimum atomic E-state index is -0.441. The summed E-state index contributed by atoms with van der Waals surface area (Å²) in [5.41, 5.74) is 7.86. The van der Waals surface area contributed by atoms with Gasteiger partial charge in [0.2, 0.25) is 0 Å². The minimum Gasteiger partial charge on any atom is -0.484 e. The second-order valence-electron chi connectivity index (χ2n) is 6.21. The maximum Gasteiger partial charge on any atom is 0.276 e. The van der Waals surface area contributed by atoms with Crippen molar-refractivity contribution in [3.05, 3.63) is 59.2 Å². The number of thiocarbonyl (C=S) groups is 1. The lowest BCUT2D eigenvalue weighted by molar-refractivity contribution is -0.124. The van der Waals surface area contributed by atoms with E-state index in [0.29, 0.717) is 11.5 Å². The van der Waals surface area contributed by atoms with E-state index in [1.54, 1.807) is 12.1 Å². The number of aryl methyl sites for hydroxylation is 3. The van der Waals surface area contributed by atoms with Crippen molar-refractivity contribution in [3.8, 4) is 11.5 Å². The molecular formula is C20H23N3O4S. The molecule has 8 heteroatoms. The Morgan fingerprint density at radius 2 is 1.50 bits per heavy atom. The maximum atomic E-state index is 11.9. The minimum absolute atomic E-state index is 0.0433. The molecule has 0 aliphatic carbocycles. The molecule has 0 bridgehead atoms. The molecule has 0 aromatic heterocycles. The smallest absolute Gasteiger partial charge is 0.276 e. The summed E-state index contributed by atoms with van der Waals surface area (Å²) in [4.78, 5) is 23.7. The number of amides is 2. The van der Waals surface area contributed by atoms with Gasteiger partial charge in [0.05, 0.1) is 0 Å². The number of hydrogen-bond acceptors (Lipinski definition) is 5. The van der Waals surface area contributed by atoms with E-state index in [2.05, 4.69) is 16.2 Å².